The van der Waals surface area contributed by atoms with Crippen LogP contribution < -0.4 is 5.32 Å². The Morgan fingerprint density at radius 3 is 2.59 bits per heavy atom. The van der Waals surface area contributed by atoms with Crippen molar-refractivity contribution in [1.82, 2.24) is 15.0 Å². The molecule has 4 aromatic heterocycles. The summed E-state index contributed by atoms with van der Waals surface area (Å²) in [5.41, 5.74) is 0.566. The van der Waals surface area contributed by atoms with Crippen LogP contribution >= 0.6 is 0 Å². The zero-order valence-electron chi connectivity index (χ0n) is 19.3. The SMILES string of the molecule is CC(OC(=O)Nc1c(C#Cc2nc3oc(C4(C(=O)O)CC4)nc3o2)oc2cnccc12)c1ccccc1. The predicted octanol–water partition coefficient (Wildman–Crippen LogP) is 4.78. The van der Waals surface area contributed by atoms with Gasteiger partial charge in [0.05, 0.1) is 6.20 Å². The summed E-state index contributed by atoms with van der Waals surface area (Å²) in [6.07, 6.45) is 2.79. The van der Waals surface area contributed by atoms with Gasteiger partial charge in [0.2, 0.25) is 11.7 Å². The summed E-state index contributed by atoms with van der Waals surface area (Å²) in [5.74, 6) is 4.72. The number of amides is 1. The van der Waals surface area contributed by atoms with Crippen molar-refractivity contribution in [1.29, 1.82) is 0 Å². The summed E-state index contributed by atoms with van der Waals surface area (Å²) >= 11 is 0. The fourth-order valence-corrected chi connectivity index (χ4v) is 3.90. The number of nitrogens with zero attached hydrogens (tertiary/aromatic N) is 3. The average Bonchev–Trinajstić information content (AvgIpc) is 3.33. The van der Waals surface area contributed by atoms with Gasteiger partial charge in [-0.25, -0.2) is 4.79 Å². The number of aromatic nitrogens is 3. The first-order valence-electron chi connectivity index (χ1n) is 11.4. The van der Waals surface area contributed by atoms with Gasteiger partial charge in [0.15, 0.2) is 5.58 Å². The van der Waals surface area contributed by atoms with Gasteiger partial charge in [-0.1, -0.05) is 30.3 Å². The highest BCUT2D eigenvalue weighted by atomic mass is 16.6. The van der Waals surface area contributed by atoms with E-state index in [1.807, 2.05) is 30.3 Å². The third-order valence-corrected chi connectivity index (χ3v) is 6.10. The molecule has 0 bridgehead atoms. The molecule has 0 radical (unpaired) electrons. The van der Waals surface area contributed by atoms with Crippen molar-refractivity contribution >= 4 is 40.1 Å². The Morgan fingerprint density at radius 1 is 1.08 bits per heavy atom. The highest BCUT2D eigenvalue weighted by Gasteiger charge is 2.56. The van der Waals surface area contributed by atoms with Crippen molar-refractivity contribution in [3.8, 4) is 11.8 Å². The standard InChI is InChI=1S/C26H18N4O7/c1-14(15-5-3-2-4-6-15)34-25(33)29-20-16-9-12-27-13-18(16)35-17(20)7-8-19-28-21-22(36-19)30-23(37-21)26(10-11-26)24(31)32/h2-6,9,12-14H,10-11H2,1H3,(H,29,33)(H,31,32). The Morgan fingerprint density at radius 2 is 1.86 bits per heavy atom. The molecule has 1 amide bonds. The number of furan rings is 1. The molecule has 5 aromatic rings. The van der Waals surface area contributed by atoms with E-state index in [0.29, 0.717) is 29.5 Å². The number of rotatable bonds is 5. The second-order valence-corrected chi connectivity index (χ2v) is 8.55. The number of carbonyl (C=O) groups excluding carboxylic acids is 1. The second kappa shape index (κ2) is 8.53. The lowest BCUT2D eigenvalue weighted by molar-refractivity contribution is -0.140. The molecule has 0 saturated heterocycles. The molecule has 11 nitrogen and oxygen atoms in total. The number of pyridine rings is 1. The Kier molecular flexibility index (Phi) is 5.15. The lowest BCUT2D eigenvalue weighted by Crippen LogP contribution is -2.19. The first kappa shape index (κ1) is 22.4. The molecule has 1 fully saturated rings. The number of fused-ring (bicyclic) bond motifs is 2. The first-order valence-corrected chi connectivity index (χ1v) is 11.4. The minimum Gasteiger partial charge on any atom is -0.480 e. The fraction of sp³-hybridized carbons (Fsp3) is 0.192. The van der Waals surface area contributed by atoms with Gasteiger partial charge in [-0.3, -0.25) is 15.1 Å². The molecule has 11 heteroatoms. The second-order valence-electron chi connectivity index (χ2n) is 8.55. The van der Waals surface area contributed by atoms with E-state index in [0.717, 1.165) is 5.56 Å². The van der Waals surface area contributed by atoms with Crippen LogP contribution in [-0.4, -0.2) is 32.1 Å². The van der Waals surface area contributed by atoms with Crippen molar-refractivity contribution in [2.75, 3.05) is 5.32 Å². The number of oxazole rings is 2. The molecule has 1 saturated carbocycles. The maximum atomic E-state index is 12.7. The van der Waals surface area contributed by atoms with Gasteiger partial charge >= 0.3 is 12.1 Å². The molecule has 1 aliphatic carbocycles. The number of nitrogens with one attached hydrogen (secondary N) is 1. The van der Waals surface area contributed by atoms with Crippen LogP contribution in [0.5, 0.6) is 0 Å². The van der Waals surface area contributed by atoms with Gasteiger partial charge in [0, 0.05) is 17.5 Å². The van der Waals surface area contributed by atoms with Crippen molar-refractivity contribution in [3.05, 3.63) is 71.9 Å². The molecule has 1 aliphatic rings. The minimum absolute atomic E-state index is 0.0159. The van der Waals surface area contributed by atoms with Crippen molar-refractivity contribution in [3.63, 3.8) is 0 Å². The smallest absolute Gasteiger partial charge is 0.412 e. The summed E-state index contributed by atoms with van der Waals surface area (Å²) in [7, 11) is 0. The van der Waals surface area contributed by atoms with Gasteiger partial charge in [-0.15, -0.1) is 0 Å². The highest BCUT2D eigenvalue weighted by Crippen LogP contribution is 2.48. The van der Waals surface area contributed by atoms with E-state index in [9.17, 15) is 14.7 Å². The highest BCUT2D eigenvalue weighted by molar-refractivity contribution is 6.00. The zero-order chi connectivity index (χ0) is 25.6. The van der Waals surface area contributed by atoms with Gasteiger partial charge in [0.25, 0.3) is 17.3 Å². The van der Waals surface area contributed by atoms with Crippen molar-refractivity contribution < 1.29 is 32.7 Å². The molecule has 1 atom stereocenters. The van der Waals surface area contributed by atoms with Crippen LogP contribution in [-0.2, 0) is 14.9 Å². The summed E-state index contributed by atoms with van der Waals surface area (Å²) in [6, 6.07) is 11.0. The van der Waals surface area contributed by atoms with E-state index >= 15 is 0 Å². The largest absolute Gasteiger partial charge is 0.480 e. The maximum absolute atomic E-state index is 12.7. The minimum atomic E-state index is -1.11. The van der Waals surface area contributed by atoms with Crippen LogP contribution in [0.1, 0.15) is 49.0 Å². The summed E-state index contributed by atoms with van der Waals surface area (Å²) in [5, 5.41) is 12.7. The average molecular weight is 498 g/mol. The molecule has 6 rings (SSSR count). The van der Waals surface area contributed by atoms with E-state index in [2.05, 4.69) is 32.1 Å². The van der Waals surface area contributed by atoms with Crippen LogP contribution in [0, 0.1) is 11.8 Å². The number of anilines is 1. The van der Waals surface area contributed by atoms with Crippen LogP contribution in [0.25, 0.3) is 22.4 Å². The molecule has 184 valence electrons. The number of aliphatic carboxylic acids is 1. The van der Waals surface area contributed by atoms with Crippen molar-refractivity contribution in [2.45, 2.75) is 31.3 Å². The number of benzene rings is 1. The van der Waals surface area contributed by atoms with E-state index in [-0.39, 0.29) is 29.0 Å². The number of carboxylic acid groups (broad SMARTS) is 1. The number of ether oxygens (including phenoxy) is 1. The van der Waals surface area contributed by atoms with Crippen LogP contribution in [0.3, 0.4) is 0 Å². The quantitative estimate of drug-likeness (QED) is 0.323. The lowest BCUT2D eigenvalue weighted by atomic mass is 10.1. The Labute approximate surface area is 208 Å². The topological polar surface area (TPSA) is 154 Å². The van der Waals surface area contributed by atoms with E-state index in [1.165, 1.54) is 6.20 Å². The monoisotopic (exact) mass is 498 g/mol. The lowest BCUT2D eigenvalue weighted by Gasteiger charge is -2.14. The van der Waals surface area contributed by atoms with Crippen LogP contribution in [0.2, 0.25) is 0 Å². The number of hydrogen-bond acceptors (Lipinski definition) is 9. The molecular formula is C26H18N4O7. The van der Waals surface area contributed by atoms with E-state index in [4.69, 9.17) is 18.0 Å². The van der Waals surface area contributed by atoms with Gasteiger partial charge in [-0.05, 0) is 37.3 Å². The normalized spacial score (nSPS) is 14.6. The van der Waals surface area contributed by atoms with Gasteiger partial charge < -0.3 is 23.1 Å². The van der Waals surface area contributed by atoms with E-state index in [1.54, 1.807) is 19.2 Å². The molecule has 2 N–H and O–H groups in total. The van der Waals surface area contributed by atoms with Gasteiger partial charge in [-0.2, -0.15) is 9.97 Å². The molecule has 4 heterocycles. The fourth-order valence-electron chi connectivity index (χ4n) is 3.90. The van der Waals surface area contributed by atoms with Crippen LogP contribution in [0.4, 0.5) is 10.5 Å². The molecule has 1 aromatic carbocycles. The third kappa shape index (κ3) is 4.04. The molecule has 37 heavy (non-hydrogen) atoms. The molecule has 1 unspecified atom stereocenters. The Balaban J connectivity index is 1.26. The summed E-state index contributed by atoms with van der Waals surface area (Å²) in [4.78, 5) is 36.5. The number of carbonyl (C=O) groups is 2. The summed E-state index contributed by atoms with van der Waals surface area (Å²) < 4.78 is 22.3. The molecule has 0 spiro atoms. The Bertz CT molecular complexity index is 1690. The van der Waals surface area contributed by atoms with Crippen molar-refractivity contribution in [2.24, 2.45) is 0 Å². The molecular weight excluding hydrogens is 480 g/mol. The van der Waals surface area contributed by atoms with Crippen LogP contribution in [0.15, 0.2) is 62.0 Å². The number of hydrogen-bond donors (Lipinski definition) is 2. The third-order valence-electron chi connectivity index (χ3n) is 6.10. The van der Waals surface area contributed by atoms with E-state index < -0.39 is 23.6 Å². The molecule has 0 aliphatic heterocycles. The Hall–Kier alpha value is -5.11. The van der Waals surface area contributed by atoms with Gasteiger partial charge in [0.1, 0.15) is 17.2 Å². The zero-order valence-corrected chi connectivity index (χ0v) is 19.3. The maximum Gasteiger partial charge on any atom is 0.412 e. The summed E-state index contributed by atoms with van der Waals surface area (Å²) in [6.45, 7) is 1.77. The number of carboxylic acids is 1. The predicted molar refractivity (Wildman–Crippen MR) is 128 cm³/mol. The first-order chi connectivity index (χ1) is 17.9.